The number of nitrogens with one attached hydrogen (secondary N) is 1. The molecule has 23 heavy (non-hydrogen) atoms. The van der Waals surface area contributed by atoms with Crippen molar-refractivity contribution < 1.29 is 9.53 Å². The van der Waals surface area contributed by atoms with Crippen LogP contribution in [0.25, 0.3) is 17.0 Å². The highest BCUT2D eigenvalue weighted by atomic mass is 16.5. The molecule has 1 aliphatic heterocycles. The molecule has 1 aromatic carbocycles. The first-order chi connectivity index (χ1) is 11.2. The SMILES string of the molecule is Cc1cc(/C=C/NN)c2cc(C(=O)N3CCOCC3)ccc2n1. The van der Waals surface area contributed by atoms with Crippen molar-refractivity contribution in [1.82, 2.24) is 15.3 Å². The van der Waals surface area contributed by atoms with Gasteiger partial charge in [0.1, 0.15) is 0 Å². The van der Waals surface area contributed by atoms with Crippen molar-refractivity contribution in [1.29, 1.82) is 0 Å². The van der Waals surface area contributed by atoms with E-state index in [1.165, 1.54) is 0 Å². The number of nitrogens with two attached hydrogens (primary N) is 1. The van der Waals surface area contributed by atoms with Crippen molar-refractivity contribution in [3.05, 3.63) is 47.3 Å². The van der Waals surface area contributed by atoms with Gasteiger partial charge in [-0.2, -0.15) is 0 Å². The molecule has 1 aliphatic rings. The van der Waals surface area contributed by atoms with Gasteiger partial charge in [-0.1, -0.05) is 0 Å². The Kier molecular flexibility index (Phi) is 4.55. The van der Waals surface area contributed by atoms with Crippen LogP contribution in [-0.2, 0) is 4.74 Å². The van der Waals surface area contributed by atoms with Gasteiger partial charge >= 0.3 is 0 Å². The van der Waals surface area contributed by atoms with Gasteiger partial charge in [0, 0.05) is 35.9 Å². The minimum Gasteiger partial charge on any atom is -0.378 e. The molecular weight excluding hydrogens is 292 g/mol. The zero-order chi connectivity index (χ0) is 16.2. The van der Waals surface area contributed by atoms with Crippen molar-refractivity contribution >= 4 is 22.9 Å². The summed E-state index contributed by atoms with van der Waals surface area (Å²) >= 11 is 0. The first kappa shape index (κ1) is 15.5. The number of fused-ring (bicyclic) bond motifs is 1. The molecule has 3 N–H and O–H groups in total. The van der Waals surface area contributed by atoms with Gasteiger partial charge in [-0.3, -0.25) is 15.6 Å². The molecule has 0 radical (unpaired) electrons. The maximum absolute atomic E-state index is 12.6. The number of morpholine rings is 1. The predicted molar refractivity (Wildman–Crippen MR) is 89.6 cm³/mol. The standard InChI is InChI=1S/C17H20N4O2/c1-12-10-13(4-5-19-18)15-11-14(2-3-16(15)20-12)17(22)21-6-8-23-9-7-21/h2-5,10-11,19H,6-9,18H2,1H3/b5-4+. The van der Waals surface area contributed by atoms with Gasteiger partial charge < -0.3 is 15.1 Å². The van der Waals surface area contributed by atoms with Crippen molar-refractivity contribution in [2.75, 3.05) is 26.3 Å². The second-order valence-electron chi connectivity index (χ2n) is 5.49. The molecule has 0 spiro atoms. The summed E-state index contributed by atoms with van der Waals surface area (Å²) in [5, 5.41) is 0.932. The van der Waals surface area contributed by atoms with Crippen LogP contribution in [0.5, 0.6) is 0 Å². The molecule has 1 aromatic heterocycles. The fourth-order valence-electron chi connectivity index (χ4n) is 2.75. The fourth-order valence-corrected chi connectivity index (χ4v) is 2.75. The monoisotopic (exact) mass is 312 g/mol. The van der Waals surface area contributed by atoms with Gasteiger partial charge in [0.15, 0.2) is 0 Å². The van der Waals surface area contributed by atoms with E-state index in [4.69, 9.17) is 10.6 Å². The summed E-state index contributed by atoms with van der Waals surface area (Å²) in [6.45, 7) is 4.39. The molecule has 0 atom stereocenters. The average Bonchev–Trinajstić information content (AvgIpc) is 2.59. The normalized spacial score (nSPS) is 15.3. The summed E-state index contributed by atoms with van der Waals surface area (Å²) in [4.78, 5) is 19.0. The number of rotatable bonds is 3. The van der Waals surface area contributed by atoms with Crippen molar-refractivity contribution in [3.63, 3.8) is 0 Å². The quantitative estimate of drug-likeness (QED) is 0.662. The molecule has 0 bridgehead atoms. The highest BCUT2D eigenvalue weighted by Gasteiger charge is 2.19. The third-order valence-corrected chi connectivity index (χ3v) is 3.87. The molecule has 2 heterocycles. The summed E-state index contributed by atoms with van der Waals surface area (Å²) < 4.78 is 5.30. The summed E-state index contributed by atoms with van der Waals surface area (Å²) in [7, 11) is 0. The van der Waals surface area contributed by atoms with Gasteiger partial charge in [-0.15, -0.1) is 0 Å². The molecule has 120 valence electrons. The van der Waals surface area contributed by atoms with E-state index in [1.54, 1.807) is 6.20 Å². The average molecular weight is 312 g/mol. The minimum absolute atomic E-state index is 0.0302. The molecule has 6 nitrogen and oxygen atoms in total. The van der Waals surface area contributed by atoms with Gasteiger partial charge in [-0.25, -0.2) is 0 Å². The summed E-state index contributed by atoms with van der Waals surface area (Å²) in [6, 6.07) is 7.60. The van der Waals surface area contributed by atoms with Gasteiger partial charge in [0.25, 0.3) is 5.91 Å². The molecule has 1 saturated heterocycles. The van der Waals surface area contributed by atoms with Gasteiger partial charge in [0.05, 0.1) is 18.7 Å². The van der Waals surface area contributed by atoms with E-state index in [1.807, 2.05) is 42.2 Å². The third kappa shape index (κ3) is 3.33. The zero-order valence-electron chi connectivity index (χ0n) is 13.1. The maximum Gasteiger partial charge on any atom is 0.254 e. The number of pyridine rings is 1. The molecule has 3 rings (SSSR count). The smallest absolute Gasteiger partial charge is 0.254 e. The van der Waals surface area contributed by atoms with Crippen LogP contribution >= 0.6 is 0 Å². The van der Waals surface area contributed by atoms with Crippen LogP contribution in [0.15, 0.2) is 30.5 Å². The number of hydrogen-bond acceptors (Lipinski definition) is 5. The Morgan fingerprint density at radius 1 is 1.35 bits per heavy atom. The Morgan fingerprint density at radius 3 is 2.87 bits per heavy atom. The number of benzene rings is 1. The first-order valence-corrected chi connectivity index (χ1v) is 7.60. The summed E-state index contributed by atoms with van der Waals surface area (Å²) in [5.74, 6) is 5.34. The number of aromatic nitrogens is 1. The van der Waals surface area contributed by atoms with E-state index >= 15 is 0 Å². The number of carbonyl (C=O) groups excluding carboxylic acids is 1. The van der Waals surface area contributed by atoms with E-state index in [-0.39, 0.29) is 5.91 Å². The number of ether oxygens (including phenoxy) is 1. The van der Waals surface area contributed by atoms with E-state index in [0.29, 0.717) is 31.9 Å². The molecule has 0 unspecified atom stereocenters. The molecular formula is C17H20N4O2. The number of nitrogens with zero attached hydrogens (tertiary/aromatic N) is 2. The van der Waals surface area contributed by atoms with Crippen LogP contribution in [0.2, 0.25) is 0 Å². The maximum atomic E-state index is 12.6. The lowest BCUT2D eigenvalue weighted by Crippen LogP contribution is -2.40. The van der Waals surface area contributed by atoms with Crippen molar-refractivity contribution in [2.24, 2.45) is 5.84 Å². The number of hydrogen-bond donors (Lipinski definition) is 2. The fraction of sp³-hybridized carbons (Fsp3) is 0.294. The lowest BCUT2D eigenvalue weighted by molar-refractivity contribution is 0.0303. The number of hydrazine groups is 1. The number of carbonyl (C=O) groups is 1. The largest absolute Gasteiger partial charge is 0.378 e. The van der Waals surface area contributed by atoms with Crippen LogP contribution < -0.4 is 11.3 Å². The highest BCUT2D eigenvalue weighted by Crippen LogP contribution is 2.22. The van der Waals surface area contributed by atoms with Crippen molar-refractivity contribution in [2.45, 2.75) is 6.92 Å². The van der Waals surface area contributed by atoms with Gasteiger partial charge in [-0.05, 0) is 42.8 Å². The van der Waals surface area contributed by atoms with Crippen LogP contribution in [0.1, 0.15) is 21.6 Å². The third-order valence-electron chi connectivity index (χ3n) is 3.87. The molecule has 0 aliphatic carbocycles. The minimum atomic E-state index is 0.0302. The molecule has 1 fully saturated rings. The van der Waals surface area contributed by atoms with Crippen LogP contribution in [0.3, 0.4) is 0 Å². The van der Waals surface area contributed by atoms with E-state index in [2.05, 4.69) is 10.4 Å². The second kappa shape index (κ2) is 6.76. The molecule has 1 amide bonds. The summed E-state index contributed by atoms with van der Waals surface area (Å²) in [5.41, 5.74) is 5.92. The van der Waals surface area contributed by atoms with E-state index in [0.717, 1.165) is 22.2 Å². The van der Waals surface area contributed by atoms with E-state index < -0.39 is 0 Å². The van der Waals surface area contributed by atoms with Gasteiger partial charge in [0.2, 0.25) is 0 Å². The van der Waals surface area contributed by atoms with Crippen molar-refractivity contribution in [3.8, 4) is 0 Å². The van der Waals surface area contributed by atoms with Crippen LogP contribution in [0, 0.1) is 6.92 Å². The molecule has 6 heteroatoms. The van der Waals surface area contributed by atoms with Crippen LogP contribution in [0.4, 0.5) is 0 Å². The molecule has 0 saturated carbocycles. The lowest BCUT2D eigenvalue weighted by atomic mass is 10.0. The Labute approximate surface area is 134 Å². The summed E-state index contributed by atoms with van der Waals surface area (Å²) in [6.07, 6.45) is 3.53. The zero-order valence-corrected chi connectivity index (χ0v) is 13.1. The number of aryl methyl sites for hydroxylation is 1. The first-order valence-electron chi connectivity index (χ1n) is 7.60. The predicted octanol–water partition coefficient (Wildman–Crippen LogP) is 1.45. The Bertz CT molecular complexity index is 752. The Balaban J connectivity index is 2.01. The van der Waals surface area contributed by atoms with Crippen LogP contribution in [-0.4, -0.2) is 42.1 Å². The Hall–Kier alpha value is -2.44. The Morgan fingerprint density at radius 2 is 2.13 bits per heavy atom. The highest BCUT2D eigenvalue weighted by molar-refractivity contribution is 5.99. The molecule has 2 aromatic rings. The van der Waals surface area contributed by atoms with E-state index in [9.17, 15) is 4.79 Å². The topological polar surface area (TPSA) is 80.5 Å². The number of amides is 1. The lowest BCUT2D eigenvalue weighted by Gasteiger charge is -2.27. The second-order valence-corrected chi connectivity index (χ2v) is 5.49.